The number of hydrogen-bond donors (Lipinski definition) is 2. The maximum absolute atomic E-state index is 5.53. The van der Waals surface area contributed by atoms with Gasteiger partial charge in [-0.15, -0.1) is 0 Å². The van der Waals surface area contributed by atoms with Gasteiger partial charge in [-0.05, 0) is 43.7 Å². The Balaban J connectivity index is 2.02. The zero-order chi connectivity index (χ0) is 9.03. The molecular formula is C10H22N2. The quantitative estimate of drug-likeness (QED) is 0.631. The first-order valence-corrected chi connectivity index (χ1v) is 5.13. The summed E-state index contributed by atoms with van der Waals surface area (Å²) >= 11 is 0. The third kappa shape index (κ3) is 2.76. The molecule has 1 fully saturated rings. The van der Waals surface area contributed by atoms with Crippen molar-refractivity contribution in [3.05, 3.63) is 0 Å². The fourth-order valence-electron chi connectivity index (χ4n) is 1.50. The van der Waals surface area contributed by atoms with E-state index < -0.39 is 0 Å². The summed E-state index contributed by atoms with van der Waals surface area (Å²) in [5.41, 5.74) is 6.20. The van der Waals surface area contributed by atoms with Crippen LogP contribution in [0, 0.1) is 11.3 Å². The van der Waals surface area contributed by atoms with Gasteiger partial charge < -0.3 is 11.1 Å². The van der Waals surface area contributed by atoms with Crippen LogP contribution in [-0.4, -0.2) is 19.6 Å². The van der Waals surface area contributed by atoms with Crippen LogP contribution in [-0.2, 0) is 0 Å². The first-order valence-electron chi connectivity index (χ1n) is 5.13. The fraction of sp³-hybridized carbons (Fsp3) is 1.00. The molecule has 2 nitrogen and oxygen atoms in total. The van der Waals surface area contributed by atoms with Crippen molar-refractivity contribution < 1.29 is 0 Å². The topological polar surface area (TPSA) is 38.0 Å². The van der Waals surface area contributed by atoms with Crippen LogP contribution in [0.5, 0.6) is 0 Å². The summed E-state index contributed by atoms with van der Waals surface area (Å²) < 4.78 is 0. The molecule has 72 valence electrons. The first-order chi connectivity index (χ1) is 5.72. The van der Waals surface area contributed by atoms with E-state index in [1.54, 1.807) is 0 Å². The number of rotatable bonds is 6. The molecule has 0 spiro atoms. The van der Waals surface area contributed by atoms with Crippen LogP contribution in [0.4, 0.5) is 0 Å². The second-order valence-electron chi connectivity index (χ2n) is 4.33. The van der Waals surface area contributed by atoms with Gasteiger partial charge in [0.15, 0.2) is 0 Å². The number of hydrogen-bond acceptors (Lipinski definition) is 2. The maximum Gasteiger partial charge on any atom is 0.000783 e. The van der Waals surface area contributed by atoms with E-state index >= 15 is 0 Å². The smallest absolute Gasteiger partial charge is 0.000783 e. The lowest BCUT2D eigenvalue weighted by molar-refractivity contribution is 0.417. The molecule has 0 radical (unpaired) electrons. The molecule has 0 aromatic rings. The average molecular weight is 170 g/mol. The summed E-state index contributed by atoms with van der Waals surface area (Å²) in [6.07, 6.45) is 4.18. The molecule has 1 unspecified atom stereocenters. The van der Waals surface area contributed by atoms with Crippen LogP contribution in [0.3, 0.4) is 0 Å². The lowest BCUT2D eigenvalue weighted by Crippen LogP contribution is -2.30. The van der Waals surface area contributed by atoms with E-state index in [9.17, 15) is 0 Å². The molecule has 0 aliphatic heterocycles. The highest BCUT2D eigenvalue weighted by molar-refractivity contribution is 4.93. The summed E-state index contributed by atoms with van der Waals surface area (Å²) in [5, 5.41) is 3.51. The lowest BCUT2D eigenvalue weighted by Gasteiger charge is -2.15. The Morgan fingerprint density at radius 2 is 2.17 bits per heavy atom. The van der Waals surface area contributed by atoms with Crippen LogP contribution in [0.15, 0.2) is 0 Å². The predicted octanol–water partition coefficient (Wildman–Crippen LogP) is 1.36. The van der Waals surface area contributed by atoms with Crippen LogP contribution >= 0.6 is 0 Å². The standard InChI is InChI=1S/C10H22N2/c1-3-10(4-5-10)8-12-7-9(2)6-11/h9,12H,3-8,11H2,1-2H3. The predicted molar refractivity (Wildman–Crippen MR) is 53.0 cm³/mol. The molecule has 0 aromatic heterocycles. The van der Waals surface area contributed by atoms with E-state index in [1.165, 1.54) is 25.8 Å². The normalized spacial score (nSPS) is 22.2. The third-order valence-electron chi connectivity index (χ3n) is 3.10. The maximum atomic E-state index is 5.53. The van der Waals surface area contributed by atoms with Crippen molar-refractivity contribution in [1.29, 1.82) is 0 Å². The Hall–Kier alpha value is -0.0800. The zero-order valence-corrected chi connectivity index (χ0v) is 8.40. The summed E-state index contributed by atoms with van der Waals surface area (Å²) in [4.78, 5) is 0. The van der Waals surface area contributed by atoms with Crippen molar-refractivity contribution in [2.75, 3.05) is 19.6 Å². The minimum atomic E-state index is 0.623. The summed E-state index contributed by atoms with van der Waals surface area (Å²) in [7, 11) is 0. The molecule has 3 N–H and O–H groups in total. The SMILES string of the molecule is CCC1(CNCC(C)CN)CC1. The van der Waals surface area contributed by atoms with Crippen LogP contribution in [0.25, 0.3) is 0 Å². The van der Waals surface area contributed by atoms with Gasteiger partial charge >= 0.3 is 0 Å². The second-order valence-corrected chi connectivity index (χ2v) is 4.33. The molecule has 0 aromatic carbocycles. The van der Waals surface area contributed by atoms with Crippen molar-refractivity contribution in [3.63, 3.8) is 0 Å². The molecule has 0 heterocycles. The van der Waals surface area contributed by atoms with Gasteiger partial charge in [-0.25, -0.2) is 0 Å². The van der Waals surface area contributed by atoms with Gasteiger partial charge in [0.1, 0.15) is 0 Å². The Morgan fingerprint density at radius 3 is 2.58 bits per heavy atom. The van der Waals surface area contributed by atoms with Gasteiger partial charge in [-0.2, -0.15) is 0 Å². The molecule has 1 aliphatic rings. The van der Waals surface area contributed by atoms with Crippen molar-refractivity contribution in [2.24, 2.45) is 17.1 Å². The lowest BCUT2D eigenvalue weighted by atomic mass is 10.0. The Bertz CT molecular complexity index is 130. The van der Waals surface area contributed by atoms with Gasteiger partial charge in [0.05, 0.1) is 0 Å². The number of nitrogens with two attached hydrogens (primary N) is 1. The average Bonchev–Trinajstić information content (AvgIpc) is 2.85. The highest BCUT2D eigenvalue weighted by atomic mass is 14.9. The van der Waals surface area contributed by atoms with Crippen molar-refractivity contribution >= 4 is 0 Å². The minimum Gasteiger partial charge on any atom is -0.330 e. The summed E-state index contributed by atoms with van der Waals surface area (Å²) in [6.45, 7) is 7.57. The molecule has 12 heavy (non-hydrogen) atoms. The molecule has 1 rings (SSSR count). The minimum absolute atomic E-state index is 0.623. The monoisotopic (exact) mass is 170 g/mol. The van der Waals surface area contributed by atoms with Gasteiger partial charge in [0.25, 0.3) is 0 Å². The van der Waals surface area contributed by atoms with Gasteiger partial charge in [0, 0.05) is 6.54 Å². The van der Waals surface area contributed by atoms with E-state index in [0.29, 0.717) is 11.3 Å². The number of nitrogens with one attached hydrogen (secondary N) is 1. The molecule has 0 saturated heterocycles. The van der Waals surface area contributed by atoms with Crippen molar-refractivity contribution in [1.82, 2.24) is 5.32 Å². The largest absolute Gasteiger partial charge is 0.330 e. The molecule has 1 saturated carbocycles. The molecule has 2 heteroatoms. The molecule has 0 amide bonds. The van der Waals surface area contributed by atoms with E-state index in [2.05, 4.69) is 19.2 Å². The fourth-order valence-corrected chi connectivity index (χ4v) is 1.50. The third-order valence-corrected chi connectivity index (χ3v) is 3.10. The Kier molecular flexibility index (Phi) is 3.53. The molecule has 0 bridgehead atoms. The molecular weight excluding hydrogens is 148 g/mol. The van der Waals surface area contributed by atoms with E-state index in [-0.39, 0.29) is 0 Å². The Morgan fingerprint density at radius 1 is 1.50 bits per heavy atom. The Labute approximate surface area is 75.9 Å². The van der Waals surface area contributed by atoms with Crippen LogP contribution < -0.4 is 11.1 Å². The van der Waals surface area contributed by atoms with Crippen molar-refractivity contribution in [2.45, 2.75) is 33.1 Å². The van der Waals surface area contributed by atoms with Crippen LogP contribution in [0.1, 0.15) is 33.1 Å². The first kappa shape index (κ1) is 10.0. The van der Waals surface area contributed by atoms with Gasteiger partial charge in [-0.1, -0.05) is 13.8 Å². The highest BCUT2D eigenvalue weighted by Crippen LogP contribution is 2.47. The van der Waals surface area contributed by atoms with Crippen molar-refractivity contribution in [3.8, 4) is 0 Å². The summed E-state index contributed by atoms with van der Waals surface area (Å²) in [6, 6.07) is 0. The van der Waals surface area contributed by atoms with Crippen LogP contribution in [0.2, 0.25) is 0 Å². The van der Waals surface area contributed by atoms with E-state index in [4.69, 9.17) is 5.73 Å². The van der Waals surface area contributed by atoms with E-state index in [1.807, 2.05) is 0 Å². The van der Waals surface area contributed by atoms with Gasteiger partial charge in [0.2, 0.25) is 0 Å². The molecule has 1 aliphatic carbocycles. The second kappa shape index (κ2) is 4.24. The van der Waals surface area contributed by atoms with E-state index in [0.717, 1.165) is 13.1 Å². The van der Waals surface area contributed by atoms with Gasteiger partial charge in [-0.3, -0.25) is 0 Å². The summed E-state index contributed by atoms with van der Waals surface area (Å²) in [5.74, 6) is 0.623. The highest BCUT2D eigenvalue weighted by Gasteiger charge is 2.39. The zero-order valence-electron chi connectivity index (χ0n) is 8.40. The molecule has 1 atom stereocenters.